The van der Waals surface area contributed by atoms with Crippen LogP contribution in [0.3, 0.4) is 0 Å². The smallest absolute Gasteiger partial charge is 0.0902 e. The molecule has 0 radical (unpaired) electrons. The van der Waals surface area contributed by atoms with Gasteiger partial charge in [-0.3, -0.25) is 8.42 Å². The second-order valence-corrected chi connectivity index (χ2v) is 10.8. The van der Waals surface area contributed by atoms with Gasteiger partial charge in [0.15, 0.2) is 0 Å². The van der Waals surface area contributed by atoms with Crippen LogP contribution in [0.25, 0.3) is 0 Å². The van der Waals surface area contributed by atoms with Gasteiger partial charge in [0.25, 0.3) is 0 Å². The van der Waals surface area contributed by atoms with Gasteiger partial charge < -0.3 is 0 Å². The normalized spacial score (nSPS) is 18.2. The van der Waals surface area contributed by atoms with Gasteiger partial charge in [-0.25, -0.2) is 0 Å². The van der Waals surface area contributed by atoms with Crippen LogP contribution < -0.4 is 0 Å². The fraction of sp³-hybridized carbons (Fsp3) is 1.00. The van der Waals surface area contributed by atoms with Gasteiger partial charge in [0.05, 0.1) is 9.16 Å². The van der Waals surface area contributed by atoms with E-state index in [4.69, 9.17) is 0 Å². The van der Waals surface area contributed by atoms with Gasteiger partial charge >= 0.3 is 0 Å². The molecule has 0 heterocycles. The molecule has 0 fully saturated rings. The quantitative estimate of drug-likeness (QED) is 0.533. The molecule has 0 saturated carbocycles. The number of rotatable bonds is 11. The van der Waals surface area contributed by atoms with E-state index in [-0.39, 0.29) is 9.16 Å². The molecule has 0 bridgehead atoms. The van der Waals surface area contributed by atoms with Crippen molar-refractivity contribution >= 4 is 43.2 Å². The summed E-state index contributed by atoms with van der Waals surface area (Å²) in [5.41, 5.74) is 0. The summed E-state index contributed by atoms with van der Waals surface area (Å²) in [6.45, 7) is 8.28. The summed E-state index contributed by atoms with van der Waals surface area (Å²) >= 11 is 0. The fourth-order valence-corrected chi connectivity index (χ4v) is 9.21. The zero-order chi connectivity index (χ0) is 14.0. The van der Waals surface area contributed by atoms with Crippen LogP contribution in [0.15, 0.2) is 0 Å². The third-order valence-corrected chi connectivity index (χ3v) is 11.3. The summed E-state index contributed by atoms with van der Waals surface area (Å²) in [4.78, 5) is 0. The van der Waals surface area contributed by atoms with Gasteiger partial charge in [-0.1, -0.05) is 49.3 Å². The highest BCUT2D eigenvalue weighted by atomic mass is 33.1. The molecule has 4 atom stereocenters. The van der Waals surface area contributed by atoms with Crippen molar-refractivity contribution < 1.29 is 8.42 Å². The van der Waals surface area contributed by atoms with E-state index < -0.39 is 21.6 Å². The Hall–Kier alpha value is 1.000. The predicted octanol–water partition coefficient (Wildman–Crippen LogP) is 4.16. The minimum atomic E-state index is -0.750. The first-order chi connectivity index (χ1) is 8.60. The van der Waals surface area contributed by atoms with Crippen molar-refractivity contribution in [3.63, 3.8) is 0 Å². The Kier molecular flexibility index (Phi) is 12.5. The second-order valence-electron chi connectivity index (χ2n) is 4.04. The minimum absolute atomic E-state index is 0.183. The van der Waals surface area contributed by atoms with Gasteiger partial charge in [0.1, 0.15) is 0 Å². The van der Waals surface area contributed by atoms with Gasteiger partial charge in [0.2, 0.25) is 0 Å². The van der Waals surface area contributed by atoms with E-state index in [0.717, 1.165) is 37.2 Å². The van der Waals surface area contributed by atoms with E-state index in [1.165, 1.54) is 0 Å². The molecule has 2 nitrogen and oxygen atoms in total. The average Bonchev–Trinajstić information content (AvgIpc) is 2.35. The fourth-order valence-electron chi connectivity index (χ4n) is 1.38. The van der Waals surface area contributed by atoms with Crippen LogP contribution in [0.2, 0.25) is 0 Å². The first-order valence-electron chi connectivity index (χ1n) is 6.67. The van der Waals surface area contributed by atoms with Crippen LogP contribution in [0.4, 0.5) is 0 Å². The maximum atomic E-state index is 12.0. The largest absolute Gasteiger partial charge is 0.258 e. The Balaban J connectivity index is 4.23. The van der Waals surface area contributed by atoms with Gasteiger partial charge in [-0.2, -0.15) is 0 Å². The molecule has 6 heteroatoms. The summed E-state index contributed by atoms with van der Waals surface area (Å²) in [5, 5.41) is 0. The molecule has 0 saturated heterocycles. The monoisotopic (exact) mass is 330 g/mol. The zero-order valence-corrected chi connectivity index (χ0v) is 15.1. The Morgan fingerprint density at radius 1 is 0.778 bits per heavy atom. The summed E-state index contributed by atoms with van der Waals surface area (Å²) < 4.78 is 24.3. The van der Waals surface area contributed by atoms with Gasteiger partial charge in [0, 0.05) is 33.1 Å². The van der Waals surface area contributed by atoms with Crippen LogP contribution in [-0.2, 0) is 21.6 Å². The molecule has 4 unspecified atom stereocenters. The summed E-state index contributed by atoms with van der Waals surface area (Å²) in [6, 6.07) is 0. The zero-order valence-electron chi connectivity index (χ0n) is 11.8. The Morgan fingerprint density at radius 2 is 1.11 bits per heavy atom. The van der Waals surface area contributed by atoms with Crippen LogP contribution in [0, 0.1) is 0 Å². The standard InChI is InChI=1S/C12H26O2S4/c1-5-9-17(13)11(7-3)15-16-12(8-4)18(14)10-6-2/h11-12H,5-10H2,1-4H3. The maximum Gasteiger partial charge on any atom is 0.0902 e. The minimum Gasteiger partial charge on any atom is -0.258 e. The lowest BCUT2D eigenvalue weighted by Gasteiger charge is -2.17. The number of hydrogen-bond donors (Lipinski definition) is 0. The van der Waals surface area contributed by atoms with E-state index in [0.29, 0.717) is 0 Å². The second kappa shape index (κ2) is 11.8. The molecular formula is C12H26O2S4. The molecule has 0 amide bonds. The number of hydrogen-bond acceptors (Lipinski definition) is 4. The first kappa shape index (κ1) is 19.0. The van der Waals surface area contributed by atoms with Gasteiger partial charge in [-0.05, 0) is 25.7 Å². The molecule has 0 rings (SSSR count). The lowest BCUT2D eigenvalue weighted by molar-refractivity contribution is 0.677. The Bertz CT molecular complexity index is 232. The first-order valence-corrected chi connectivity index (χ1v) is 11.7. The molecule has 0 N–H and O–H groups in total. The lowest BCUT2D eigenvalue weighted by atomic mass is 10.6. The third-order valence-electron chi connectivity index (χ3n) is 2.33. The molecule has 0 aromatic carbocycles. The highest BCUT2D eigenvalue weighted by molar-refractivity contribution is 8.79. The third kappa shape index (κ3) is 7.56. The lowest BCUT2D eigenvalue weighted by Crippen LogP contribution is -2.15. The maximum absolute atomic E-state index is 12.0. The van der Waals surface area contributed by atoms with Crippen molar-refractivity contribution in [2.45, 2.75) is 62.5 Å². The molecule has 110 valence electrons. The van der Waals surface area contributed by atoms with Gasteiger partial charge in [-0.15, -0.1) is 0 Å². The van der Waals surface area contributed by atoms with E-state index in [9.17, 15) is 8.42 Å². The van der Waals surface area contributed by atoms with Crippen molar-refractivity contribution in [3.05, 3.63) is 0 Å². The highest BCUT2D eigenvalue weighted by Gasteiger charge is 2.20. The van der Waals surface area contributed by atoms with Crippen molar-refractivity contribution in [1.82, 2.24) is 0 Å². The average molecular weight is 331 g/mol. The SMILES string of the molecule is CCCS(=O)C(CC)SSC(CC)S(=O)CCC. The highest BCUT2D eigenvalue weighted by Crippen LogP contribution is 2.37. The Labute approximate surface area is 125 Å². The summed E-state index contributed by atoms with van der Waals surface area (Å²) in [5.74, 6) is 1.56. The summed E-state index contributed by atoms with van der Waals surface area (Å²) in [6.07, 6.45) is 3.77. The van der Waals surface area contributed by atoms with E-state index in [1.807, 2.05) is 0 Å². The van der Waals surface area contributed by atoms with E-state index in [1.54, 1.807) is 21.6 Å². The van der Waals surface area contributed by atoms with Crippen molar-refractivity contribution in [2.75, 3.05) is 11.5 Å². The van der Waals surface area contributed by atoms with Crippen molar-refractivity contribution in [2.24, 2.45) is 0 Å². The molecule has 18 heavy (non-hydrogen) atoms. The Morgan fingerprint density at radius 3 is 1.33 bits per heavy atom. The topological polar surface area (TPSA) is 34.1 Å². The van der Waals surface area contributed by atoms with Crippen LogP contribution in [0.1, 0.15) is 53.4 Å². The molecule has 0 aliphatic heterocycles. The molecular weight excluding hydrogens is 304 g/mol. The summed E-state index contributed by atoms with van der Waals surface area (Å²) in [7, 11) is 1.86. The van der Waals surface area contributed by atoms with Crippen LogP contribution in [-0.4, -0.2) is 29.1 Å². The molecule has 0 spiro atoms. The predicted molar refractivity (Wildman–Crippen MR) is 89.9 cm³/mol. The molecule has 0 aromatic rings. The van der Waals surface area contributed by atoms with Crippen LogP contribution >= 0.6 is 21.6 Å². The molecule has 0 aliphatic rings. The van der Waals surface area contributed by atoms with E-state index in [2.05, 4.69) is 27.7 Å². The van der Waals surface area contributed by atoms with Crippen molar-refractivity contribution in [3.8, 4) is 0 Å². The van der Waals surface area contributed by atoms with Crippen LogP contribution in [0.5, 0.6) is 0 Å². The van der Waals surface area contributed by atoms with Crippen molar-refractivity contribution in [1.29, 1.82) is 0 Å². The van der Waals surface area contributed by atoms with E-state index >= 15 is 0 Å². The molecule has 0 aliphatic carbocycles. The molecule has 0 aromatic heterocycles.